The number of carbonyl (C=O) groups excluding carboxylic acids is 2. The number of ether oxygens (including phenoxy) is 1. The number of alkyl halides is 3. The highest BCUT2D eigenvalue weighted by Crippen LogP contribution is 2.50. The summed E-state index contributed by atoms with van der Waals surface area (Å²) in [4.78, 5) is 37.6. The Hall–Kier alpha value is -2.60. The van der Waals surface area contributed by atoms with E-state index in [0.717, 1.165) is 17.5 Å². The van der Waals surface area contributed by atoms with Gasteiger partial charge in [0.25, 0.3) is 0 Å². The summed E-state index contributed by atoms with van der Waals surface area (Å²) in [5, 5.41) is 11.2. The highest BCUT2D eigenvalue weighted by atomic mass is 32.1. The Bertz CT molecular complexity index is 1340. The molecule has 1 spiro atoms. The summed E-state index contributed by atoms with van der Waals surface area (Å²) in [5.74, 6) is -0.568. The third-order valence-electron chi connectivity index (χ3n) is 8.77. The van der Waals surface area contributed by atoms with Crippen molar-refractivity contribution in [1.29, 1.82) is 0 Å². The first-order valence-electron chi connectivity index (χ1n) is 13.9. The molecule has 4 atom stereocenters. The SMILES string of the molecule is CCc1cc2c(N3CC4(CN(C(=O)[C@@H]5[C@@H]6CC[C@@H](C[C@H]6O)N5C(=O)OC(C)(C)C)C4)C3)c(C(F)(F)F)cnc2s1. The van der Waals surface area contributed by atoms with E-state index in [0.29, 0.717) is 55.7 Å². The Morgan fingerprint density at radius 1 is 1.18 bits per heavy atom. The van der Waals surface area contributed by atoms with Crippen molar-refractivity contribution < 1.29 is 32.6 Å². The van der Waals surface area contributed by atoms with Crippen molar-refractivity contribution in [1.82, 2.24) is 14.8 Å². The topological polar surface area (TPSA) is 86.2 Å². The molecule has 40 heavy (non-hydrogen) atoms. The van der Waals surface area contributed by atoms with Gasteiger partial charge < -0.3 is 19.6 Å². The summed E-state index contributed by atoms with van der Waals surface area (Å²) >= 11 is 1.41. The molecular weight excluding hydrogens is 545 g/mol. The van der Waals surface area contributed by atoms with Crippen molar-refractivity contribution in [2.45, 2.75) is 83.3 Å². The quantitative estimate of drug-likeness (QED) is 0.568. The number of rotatable bonds is 3. The monoisotopic (exact) mass is 580 g/mol. The molecule has 218 valence electrons. The number of amides is 2. The molecule has 8 nitrogen and oxygen atoms in total. The van der Waals surface area contributed by atoms with E-state index in [9.17, 15) is 27.9 Å². The van der Waals surface area contributed by atoms with Crippen molar-refractivity contribution in [3.8, 4) is 0 Å². The third kappa shape index (κ3) is 4.51. The largest absolute Gasteiger partial charge is 0.444 e. The van der Waals surface area contributed by atoms with E-state index in [4.69, 9.17) is 4.74 Å². The summed E-state index contributed by atoms with van der Waals surface area (Å²) in [7, 11) is 0. The van der Waals surface area contributed by atoms with Crippen LogP contribution in [0.2, 0.25) is 0 Å². The number of aromatic nitrogens is 1. The maximum absolute atomic E-state index is 14.0. The van der Waals surface area contributed by atoms with Crippen molar-refractivity contribution in [3.05, 3.63) is 22.7 Å². The lowest BCUT2D eigenvalue weighted by atomic mass is 9.69. The van der Waals surface area contributed by atoms with Gasteiger partial charge in [0.1, 0.15) is 16.5 Å². The summed E-state index contributed by atoms with van der Waals surface area (Å²) in [6, 6.07) is 0.765. The number of likely N-dealkylation sites (tertiary alicyclic amines) is 1. The number of piperidine rings is 2. The van der Waals surface area contributed by atoms with Gasteiger partial charge in [-0.05, 0) is 52.5 Å². The first-order valence-corrected chi connectivity index (χ1v) is 14.7. The summed E-state index contributed by atoms with van der Waals surface area (Å²) in [5.41, 5.74) is -1.57. The first-order chi connectivity index (χ1) is 18.7. The first kappa shape index (κ1) is 27.6. The fourth-order valence-electron chi connectivity index (χ4n) is 7.06. The lowest BCUT2D eigenvalue weighted by Gasteiger charge is -2.62. The molecular formula is C28H35F3N4O4S. The van der Waals surface area contributed by atoms with Crippen molar-refractivity contribution in [2.24, 2.45) is 11.3 Å². The van der Waals surface area contributed by atoms with Crippen molar-refractivity contribution in [3.63, 3.8) is 0 Å². The van der Waals surface area contributed by atoms with Crippen LogP contribution in [0.4, 0.5) is 23.7 Å². The molecule has 0 radical (unpaired) electrons. The molecule has 5 aliphatic rings. The summed E-state index contributed by atoms with van der Waals surface area (Å²) in [6.07, 6.45) is -2.26. The van der Waals surface area contributed by atoms with Gasteiger partial charge in [0.05, 0.1) is 17.4 Å². The molecule has 2 bridgehead atoms. The number of carbonyl (C=O) groups is 2. The molecule has 2 aromatic rings. The molecule has 1 aliphatic carbocycles. The van der Waals surface area contributed by atoms with E-state index in [1.165, 1.54) is 16.2 Å². The Labute approximate surface area is 235 Å². The van der Waals surface area contributed by atoms with E-state index in [1.807, 2.05) is 13.0 Å². The number of hydrogen-bond donors (Lipinski definition) is 1. The summed E-state index contributed by atoms with van der Waals surface area (Å²) < 4.78 is 47.6. The molecule has 7 rings (SSSR count). The molecule has 12 heteroatoms. The lowest BCUT2D eigenvalue weighted by Crippen LogP contribution is -2.76. The average Bonchev–Trinajstić information content (AvgIpc) is 3.23. The number of fused-ring (bicyclic) bond motifs is 4. The molecule has 4 saturated heterocycles. The lowest BCUT2D eigenvalue weighted by molar-refractivity contribution is -0.166. The van der Waals surface area contributed by atoms with Crippen LogP contribution in [0.5, 0.6) is 0 Å². The van der Waals surface area contributed by atoms with E-state index in [-0.39, 0.29) is 29.0 Å². The number of anilines is 1. The van der Waals surface area contributed by atoms with E-state index >= 15 is 0 Å². The van der Waals surface area contributed by atoms with Gasteiger partial charge in [0, 0.05) is 60.0 Å². The van der Waals surface area contributed by atoms with Gasteiger partial charge in [0.15, 0.2) is 0 Å². The van der Waals surface area contributed by atoms with Crippen molar-refractivity contribution >= 4 is 39.2 Å². The zero-order valence-electron chi connectivity index (χ0n) is 23.1. The smallest absolute Gasteiger partial charge is 0.419 e. The number of thiophene rings is 1. The molecule has 1 saturated carbocycles. The predicted octanol–water partition coefficient (Wildman–Crippen LogP) is 4.68. The van der Waals surface area contributed by atoms with Crippen LogP contribution in [0.1, 0.15) is 57.4 Å². The van der Waals surface area contributed by atoms with E-state index < -0.39 is 35.6 Å². The zero-order chi connectivity index (χ0) is 28.8. The van der Waals surface area contributed by atoms with E-state index in [1.54, 1.807) is 30.6 Å². The molecule has 0 aromatic carbocycles. The highest BCUT2D eigenvalue weighted by Gasteiger charge is 2.59. The second-order valence-corrected chi connectivity index (χ2v) is 14.0. The average molecular weight is 581 g/mol. The molecule has 6 heterocycles. The normalized spacial score (nSPS) is 27.6. The number of aliphatic hydroxyl groups is 1. The number of aliphatic hydroxyl groups excluding tert-OH is 1. The van der Waals surface area contributed by atoms with Crippen LogP contribution in [0.25, 0.3) is 10.2 Å². The minimum Gasteiger partial charge on any atom is -0.444 e. The second-order valence-electron chi connectivity index (χ2n) is 12.9. The number of halogens is 3. The van der Waals surface area contributed by atoms with Crippen LogP contribution >= 0.6 is 11.3 Å². The molecule has 4 aliphatic heterocycles. The maximum Gasteiger partial charge on any atom is 0.419 e. The van der Waals surface area contributed by atoms with Gasteiger partial charge in [-0.25, -0.2) is 9.78 Å². The van der Waals surface area contributed by atoms with Gasteiger partial charge >= 0.3 is 12.3 Å². The van der Waals surface area contributed by atoms with Crippen LogP contribution in [0.3, 0.4) is 0 Å². The van der Waals surface area contributed by atoms with Crippen LogP contribution in [-0.2, 0) is 22.1 Å². The summed E-state index contributed by atoms with van der Waals surface area (Å²) in [6.45, 7) is 8.94. The maximum atomic E-state index is 14.0. The fourth-order valence-corrected chi connectivity index (χ4v) is 8.00. The minimum absolute atomic E-state index is 0.174. The number of aryl methyl sites for hydroxylation is 1. The van der Waals surface area contributed by atoms with Crippen LogP contribution < -0.4 is 4.90 Å². The molecule has 0 unspecified atom stereocenters. The number of nitrogens with zero attached hydrogens (tertiary/aromatic N) is 4. The Morgan fingerprint density at radius 3 is 2.48 bits per heavy atom. The molecule has 5 fully saturated rings. The fraction of sp³-hybridized carbons (Fsp3) is 0.679. The zero-order valence-corrected chi connectivity index (χ0v) is 23.9. The van der Waals surface area contributed by atoms with Crippen LogP contribution in [0.15, 0.2) is 12.3 Å². The van der Waals surface area contributed by atoms with Crippen LogP contribution in [0, 0.1) is 11.3 Å². The van der Waals surface area contributed by atoms with Gasteiger partial charge in [-0.3, -0.25) is 9.69 Å². The third-order valence-corrected chi connectivity index (χ3v) is 9.96. The minimum atomic E-state index is -4.53. The van der Waals surface area contributed by atoms with Crippen LogP contribution in [-0.4, -0.2) is 81.9 Å². The van der Waals surface area contributed by atoms with E-state index in [2.05, 4.69) is 4.98 Å². The van der Waals surface area contributed by atoms with Gasteiger partial charge in [-0.2, -0.15) is 13.2 Å². The van der Waals surface area contributed by atoms with Gasteiger partial charge in [0.2, 0.25) is 5.91 Å². The molecule has 1 N–H and O–H groups in total. The Kier molecular flexibility index (Phi) is 6.34. The Morgan fingerprint density at radius 2 is 1.88 bits per heavy atom. The number of pyridine rings is 1. The Balaban J connectivity index is 1.19. The molecule has 2 aromatic heterocycles. The second kappa shape index (κ2) is 9.20. The van der Waals surface area contributed by atoms with Gasteiger partial charge in [-0.1, -0.05) is 6.92 Å². The molecule has 2 amide bonds. The highest BCUT2D eigenvalue weighted by molar-refractivity contribution is 7.18. The standard InChI is InChI=1S/C28H35F3N4O4S/c1-5-16-9-18-21(19(28(29,30)31)10-32-23(18)40-16)33-11-27(12-33)13-34(14-27)24(37)22-17-7-6-15(8-20(17)36)35(22)25(38)39-26(2,3)4/h9-10,15,17,20,22,36H,5-8,11-14H2,1-4H3/t15-,17+,20+,22-/m0/s1. The van der Waals surface area contributed by atoms with Gasteiger partial charge in [-0.15, -0.1) is 11.3 Å². The number of hydrogen-bond acceptors (Lipinski definition) is 7. The van der Waals surface area contributed by atoms with Crippen molar-refractivity contribution in [2.75, 3.05) is 31.1 Å². The predicted molar refractivity (Wildman–Crippen MR) is 144 cm³/mol.